The molecule has 2 heterocycles. The normalized spacial score (nSPS) is 15.9. The lowest BCUT2D eigenvalue weighted by Crippen LogP contribution is -2.42. The molecule has 1 aliphatic rings. The Bertz CT molecular complexity index is 387. The summed E-state index contributed by atoms with van der Waals surface area (Å²) in [7, 11) is 0. The van der Waals surface area contributed by atoms with Crippen molar-refractivity contribution in [3.8, 4) is 0 Å². The van der Waals surface area contributed by atoms with Gasteiger partial charge in [-0.1, -0.05) is 5.21 Å². The van der Waals surface area contributed by atoms with Crippen molar-refractivity contribution in [2.75, 3.05) is 32.9 Å². The van der Waals surface area contributed by atoms with Crippen LogP contribution in [0.2, 0.25) is 0 Å². The molecule has 1 amide bonds. The monoisotopic (exact) mass is 254 g/mol. The van der Waals surface area contributed by atoms with Crippen molar-refractivity contribution in [3.63, 3.8) is 0 Å². The fraction of sp³-hybridized carbons (Fsp3) is 0.727. The van der Waals surface area contributed by atoms with Gasteiger partial charge in [0.25, 0.3) is 0 Å². The molecule has 0 aromatic carbocycles. The van der Waals surface area contributed by atoms with Crippen molar-refractivity contribution in [1.29, 1.82) is 0 Å². The number of amides is 1. The standard InChI is InChI=1S/C11H18N4O3/c16-5-1-2-10-8-15(13-12-10)9-11(17)14-3-6-18-7-4-14/h8,16H,1-7,9H2. The summed E-state index contributed by atoms with van der Waals surface area (Å²) in [6.45, 7) is 2.84. The SMILES string of the molecule is O=C(Cn1cc(CCCO)nn1)N1CCOCC1. The van der Waals surface area contributed by atoms with E-state index in [1.807, 2.05) is 0 Å². The first kappa shape index (κ1) is 13.0. The highest BCUT2D eigenvalue weighted by atomic mass is 16.5. The van der Waals surface area contributed by atoms with E-state index in [1.165, 1.54) is 0 Å². The van der Waals surface area contributed by atoms with Crippen molar-refractivity contribution < 1.29 is 14.6 Å². The highest BCUT2D eigenvalue weighted by Gasteiger charge is 2.17. The molecule has 0 atom stereocenters. The lowest BCUT2D eigenvalue weighted by molar-refractivity contribution is -0.136. The van der Waals surface area contributed by atoms with Crippen LogP contribution in [0, 0.1) is 0 Å². The van der Waals surface area contributed by atoms with Crippen molar-refractivity contribution in [2.24, 2.45) is 0 Å². The fourth-order valence-electron chi connectivity index (χ4n) is 1.84. The summed E-state index contributed by atoms with van der Waals surface area (Å²) >= 11 is 0. The maximum absolute atomic E-state index is 11.9. The second-order valence-electron chi connectivity index (χ2n) is 4.23. The minimum absolute atomic E-state index is 0.0388. The van der Waals surface area contributed by atoms with Gasteiger partial charge in [-0.05, 0) is 12.8 Å². The van der Waals surface area contributed by atoms with Gasteiger partial charge in [0.1, 0.15) is 6.54 Å². The first-order valence-electron chi connectivity index (χ1n) is 6.15. The van der Waals surface area contributed by atoms with Crippen LogP contribution in [0.15, 0.2) is 6.20 Å². The number of morpholine rings is 1. The van der Waals surface area contributed by atoms with E-state index in [-0.39, 0.29) is 19.1 Å². The number of hydrogen-bond acceptors (Lipinski definition) is 5. The number of nitrogens with zero attached hydrogens (tertiary/aromatic N) is 4. The largest absolute Gasteiger partial charge is 0.396 e. The predicted octanol–water partition coefficient (Wildman–Crippen LogP) is -0.938. The van der Waals surface area contributed by atoms with E-state index in [1.54, 1.807) is 15.8 Å². The van der Waals surface area contributed by atoms with Crippen molar-refractivity contribution in [3.05, 3.63) is 11.9 Å². The lowest BCUT2D eigenvalue weighted by atomic mass is 10.3. The highest BCUT2D eigenvalue weighted by molar-refractivity contribution is 5.75. The molecule has 0 aliphatic carbocycles. The van der Waals surface area contributed by atoms with Crippen LogP contribution in [0.4, 0.5) is 0 Å². The second-order valence-corrected chi connectivity index (χ2v) is 4.23. The van der Waals surface area contributed by atoms with E-state index in [0.29, 0.717) is 39.1 Å². The Morgan fingerprint density at radius 3 is 2.94 bits per heavy atom. The molecule has 100 valence electrons. The molecule has 2 rings (SSSR count). The molecule has 1 fully saturated rings. The van der Waals surface area contributed by atoms with Crippen molar-refractivity contribution >= 4 is 5.91 Å². The number of aliphatic hydroxyl groups is 1. The average molecular weight is 254 g/mol. The van der Waals surface area contributed by atoms with Crippen LogP contribution in [0.25, 0.3) is 0 Å². The Labute approximate surface area is 105 Å². The van der Waals surface area contributed by atoms with E-state index in [0.717, 1.165) is 5.69 Å². The summed E-state index contributed by atoms with van der Waals surface area (Å²) in [6, 6.07) is 0. The number of aryl methyl sites for hydroxylation is 1. The molecule has 0 saturated carbocycles. The molecule has 0 spiro atoms. The molecule has 7 nitrogen and oxygen atoms in total. The maximum atomic E-state index is 11.9. The topological polar surface area (TPSA) is 80.5 Å². The van der Waals surface area contributed by atoms with Gasteiger partial charge in [-0.3, -0.25) is 4.79 Å². The van der Waals surface area contributed by atoms with Gasteiger partial charge in [0.2, 0.25) is 5.91 Å². The molecule has 1 N–H and O–H groups in total. The summed E-state index contributed by atoms with van der Waals surface area (Å²) < 4.78 is 6.74. The first-order chi connectivity index (χ1) is 8.79. The van der Waals surface area contributed by atoms with Crippen LogP contribution in [-0.2, 0) is 22.5 Å². The molecule has 0 unspecified atom stereocenters. The molecule has 18 heavy (non-hydrogen) atoms. The van der Waals surface area contributed by atoms with Crippen LogP contribution >= 0.6 is 0 Å². The number of aromatic nitrogens is 3. The van der Waals surface area contributed by atoms with E-state index in [2.05, 4.69) is 10.3 Å². The molecule has 1 saturated heterocycles. The van der Waals surface area contributed by atoms with Gasteiger partial charge in [-0.25, -0.2) is 4.68 Å². The highest BCUT2D eigenvalue weighted by Crippen LogP contribution is 2.01. The molecule has 1 aromatic rings. The first-order valence-corrected chi connectivity index (χ1v) is 6.15. The van der Waals surface area contributed by atoms with Gasteiger partial charge in [0.05, 0.1) is 18.9 Å². The summed E-state index contributed by atoms with van der Waals surface area (Å²) in [5, 5.41) is 16.6. The number of ether oxygens (including phenoxy) is 1. The third kappa shape index (κ3) is 3.51. The minimum atomic E-state index is 0.0388. The van der Waals surface area contributed by atoms with Gasteiger partial charge in [-0.15, -0.1) is 5.10 Å². The number of aliphatic hydroxyl groups excluding tert-OH is 1. The summed E-state index contributed by atoms with van der Waals surface area (Å²) in [4.78, 5) is 13.7. The van der Waals surface area contributed by atoms with E-state index < -0.39 is 0 Å². The Morgan fingerprint density at radius 1 is 1.44 bits per heavy atom. The smallest absolute Gasteiger partial charge is 0.244 e. The summed E-state index contributed by atoms with van der Waals surface area (Å²) in [6.07, 6.45) is 3.10. The second kappa shape index (κ2) is 6.46. The third-order valence-electron chi connectivity index (χ3n) is 2.84. The molecule has 0 radical (unpaired) electrons. The quantitative estimate of drug-likeness (QED) is 0.733. The molecular weight excluding hydrogens is 236 g/mol. The van der Waals surface area contributed by atoms with Crippen LogP contribution in [0.3, 0.4) is 0 Å². The minimum Gasteiger partial charge on any atom is -0.396 e. The van der Waals surface area contributed by atoms with Crippen LogP contribution in [0.5, 0.6) is 0 Å². The van der Waals surface area contributed by atoms with E-state index >= 15 is 0 Å². The molecule has 1 aromatic heterocycles. The Morgan fingerprint density at radius 2 is 2.22 bits per heavy atom. The molecule has 7 heteroatoms. The van der Waals surface area contributed by atoms with Crippen LogP contribution in [-0.4, -0.2) is 63.8 Å². The molecule has 1 aliphatic heterocycles. The van der Waals surface area contributed by atoms with E-state index in [9.17, 15) is 4.79 Å². The molecule has 0 bridgehead atoms. The Balaban J connectivity index is 1.84. The number of carbonyl (C=O) groups is 1. The zero-order valence-corrected chi connectivity index (χ0v) is 10.3. The third-order valence-corrected chi connectivity index (χ3v) is 2.84. The van der Waals surface area contributed by atoms with Crippen molar-refractivity contribution in [1.82, 2.24) is 19.9 Å². The molecular formula is C11H18N4O3. The van der Waals surface area contributed by atoms with Gasteiger partial charge >= 0.3 is 0 Å². The van der Waals surface area contributed by atoms with Gasteiger partial charge in [-0.2, -0.15) is 0 Å². The van der Waals surface area contributed by atoms with Crippen molar-refractivity contribution in [2.45, 2.75) is 19.4 Å². The maximum Gasteiger partial charge on any atom is 0.244 e. The zero-order valence-electron chi connectivity index (χ0n) is 10.3. The zero-order chi connectivity index (χ0) is 12.8. The average Bonchev–Trinajstić information content (AvgIpc) is 2.85. The summed E-state index contributed by atoms with van der Waals surface area (Å²) in [5.74, 6) is 0.0388. The Hall–Kier alpha value is -1.47. The predicted molar refractivity (Wildman–Crippen MR) is 62.8 cm³/mol. The van der Waals surface area contributed by atoms with E-state index in [4.69, 9.17) is 9.84 Å². The number of carbonyl (C=O) groups excluding carboxylic acids is 1. The fourth-order valence-corrected chi connectivity index (χ4v) is 1.84. The lowest BCUT2D eigenvalue weighted by Gasteiger charge is -2.26. The van der Waals surface area contributed by atoms with Gasteiger partial charge in [0.15, 0.2) is 0 Å². The van der Waals surface area contributed by atoms with Crippen LogP contribution in [0.1, 0.15) is 12.1 Å². The van der Waals surface area contributed by atoms with Crippen LogP contribution < -0.4 is 0 Å². The van der Waals surface area contributed by atoms with Gasteiger partial charge in [0, 0.05) is 25.9 Å². The number of hydrogen-bond donors (Lipinski definition) is 1. The number of rotatable bonds is 5. The summed E-state index contributed by atoms with van der Waals surface area (Å²) in [5.41, 5.74) is 0.804. The van der Waals surface area contributed by atoms with Gasteiger partial charge < -0.3 is 14.7 Å². The Kier molecular flexibility index (Phi) is 4.66.